The van der Waals surface area contributed by atoms with Crippen molar-refractivity contribution in [1.29, 1.82) is 5.26 Å². The number of rotatable bonds is 7. The first-order valence-electron chi connectivity index (χ1n) is 8.06. The Kier molecular flexibility index (Phi) is 5.22. The van der Waals surface area contributed by atoms with Crippen molar-refractivity contribution in [3.63, 3.8) is 0 Å². The Morgan fingerprint density at radius 2 is 1.88 bits per heavy atom. The van der Waals surface area contributed by atoms with Gasteiger partial charge in [-0.25, -0.2) is 0 Å². The van der Waals surface area contributed by atoms with E-state index in [0.29, 0.717) is 11.3 Å². The van der Waals surface area contributed by atoms with Crippen molar-refractivity contribution in [3.8, 4) is 11.8 Å². The molecule has 2 aromatic rings. The minimum Gasteiger partial charge on any atom is -0.478 e. The van der Waals surface area contributed by atoms with Gasteiger partial charge in [0.05, 0.1) is 11.6 Å². The molecule has 1 aliphatic carbocycles. The zero-order valence-electron chi connectivity index (χ0n) is 13.6. The van der Waals surface area contributed by atoms with Crippen molar-refractivity contribution in [3.05, 3.63) is 59.7 Å². The first-order chi connectivity index (χ1) is 11.7. The van der Waals surface area contributed by atoms with Crippen LogP contribution in [-0.2, 0) is 4.79 Å². The van der Waals surface area contributed by atoms with E-state index in [4.69, 9.17) is 10.00 Å². The van der Waals surface area contributed by atoms with E-state index in [1.807, 2.05) is 23.9 Å². The number of ketones is 1. The monoisotopic (exact) mass is 337 g/mol. The lowest BCUT2D eigenvalue weighted by atomic mass is 10.1. The first-order valence-corrected chi connectivity index (χ1v) is 9.04. The summed E-state index contributed by atoms with van der Waals surface area (Å²) in [4.78, 5) is 13.2. The second kappa shape index (κ2) is 7.55. The Hall–Kier alpha value is -2.25. The van der Waals surface area contributed by atoms with Crippen LogP contribution in [0.4, 0.5) is 0 Å². The van der Waals surface area contributed by atoms with Gasteiger partial charge in [-0.3, -0.25) is 4.79 Å². The van der Waals surface area contributed by atoms with Crippen LogP contribution in [0.25, 0.3) is 0 Å². The van der Waals surface area contributed by atoms with E-state index in [2.05, 4.69) is 18.2 Å². The van der Waals surface area contributed by atoms with Crippen LogP contribution in [0, 0.1) is 17.2 Å². The number of benzene rings is 2. The third-order valence-electron chi connectivity index (χ3n) is 3.97. The van der Waals surface area contributed by atoms with Gasteiger partial charge in [-0.1, -0.05) is 12.1 Å². The third kappa shape index (κ3) is 4.39. The zero-order valence-corrected chi connectivity index (χ0v) is 14.4. The van der Waals surface area contributed by atoms with Gasteiger partial charge in [0.25, 0.3) is 0 Å². The summed E-state index contributed by atoms with van der Waals surface area (Å²) in [5, 5.41) is 8.84. The van der Waals surface area contributed by atoms with Crippen molar-refractivity contribution in [2.24, 2.45) is 5.92 Å². The largest absolute Gasteiger partial charge is 0.478 e. The van der Waals surface area contributed by atoms with Crippen molar-refractivity contribution in [2.45, 2.75) is 30.8 Å². The van der Waals surface area contributed by atoms with Crippen LogP contribution in [0.15, 0.2) is 53.4 Å². The standard InChI is InChI=1S/C20H19NO2S/c1-14(22)20(23-18-8-4-15(12-21)5-9-18)17-6-10-19(11-7-17)24-13-16-2-3-16/h4-11,16,20H,2-3,13H2,1H3. The summed E-state index contributed by atoms with van der Waals surface area (Å²) in [6.45, 7) is 1.53. The molecule has 3 rings (SSSR count). The SMILES string of the molecule is CC(=O)C(Oc1ccc(C#N)cc1)c1ccc(SCC2CC2)cc1. The number of carbonyl (C=O) groups excluding carboxylic acids is 1. The second-order valence-corrected chi connectivity index (χ2v) is 7.16. The van der Waals surface area contributed by atoms with Gasteiger partial charge >= 0.3 is 0 Å². The molecular formula is C20H19NO2S. The molecule has 3 nitrogen and oxygen atoms in total. The number of ether oxygens (including phenoxy) is 1. The maximum absolute atomic E-state index is 12.0. The molecule has 24 heavy (non-hydrogen) atoms. The lowest BCUT2D eigenvalue weighted by Crippen LogP contribution is -2.16. The minimum absolute atomic E-state index is 0.0438. The smallest absolute Gasteiger partial charge is 0.181 e. The molecule has 0 bridgehead atoms. The van der Waals surface area contributed by atoms with Crippen molar-refractivity contribution >= 4 is 17.5 Å². The van der Waals surface area contributed by atoms with Crippen molar-refractivity contribution in [1.82, 2.24) is 0 Å². The first kappa shape index (κ1) is 16.6. The normalized spacial score (nSPS) is 14.7. The highest BCUT2D eigenvalue weighted by Gasteiger charge is 2.22. The van der Waals surface area contributed by atoms with Gasteiger partial charge in [-0.05, 0) is 67.6 Å². The number of Topliss-reactive ketones (excluding diaryl/α,β-unsaturated/α-hetero) is 1. The number of hydrogen-bond acceptors (Lipinski definition) is 4. The Morgan fingerprint density at radius 1 is 1.21 bits per heavy atom. The quantitative estimate of drug-likeness (QED) is 0.683. The Bertz CT molecular complexity index is 743. The average Bonchev–Trinajstić information content (AvgIpc) is 3.43. The predicted octanol–water partition coefficient (Wildman–Crippen LogP) is 4.77. The van der Waals surface area contributed by atoms with E-state index in [-0.39, 0.29) is 5.78 Å². The molecule has 0 aromatic heterocycles. The van der Waals surface area contributed by atoms with Crippen LogP contribution >= 0.6 is 11.8 Å². The van der Waals surface area contributed by atoms with Crippen LogP contribution in [0.2, 0.25) is 0 Å². The van der Waals surface area contributed by atoms with E-state index < -0.39 is 6.10 Å². The summed E-state index contributed by atoms with van der Waals surface area (Å²) in [7, 11) is 0. The molecule has 0 N–H and O–H groups in total. The maximum Gasteiger partial charge on any atom is 0.181 e. The minimum atomic E-state index is -0.625. The molecule has 0 aliphatic heterocycles. The number of nitriles is 1. The van der Waals surface area contributed by atoms with Crippen LogP contribution in [-0.4, -0.2) is 11.5 Å². The van der Waals surface area contributed by atoms with E-state index >= 15 is 0 Å². The zero-order chi connectivity index (χ0) is 16.9. The molecule has 122 valence electrons. The lowest BCUT2D eigenvalue weighted by Gasteiger charge is -2.17. The average molecular weight is 337 g/mol. The molecule has 2 aromatic carbocycles. The van der Waals surface area contributed by atoms with Gasteiger partial charge in [0.2, 0.25) is 0 Å². The van der Waals surface area contributed by atoms with Gasteiger partial charge in [-0.2, -0.15) is 5.26 Å². The van der Waals surface area contributed by atoms with Crippen LogP contribution in [0.5, 0.6) is 5.75 Å². The van der Waals surface area contributed by atoms with Crippen LogP contribution < -0.4 is 4.74 Å². The van der Waals surface area contributed by atoms with E-state index in [9.17, 15) is 4.79 Å². The number of carbonyl (C=O) groups is 1. The molecule has 1 unspecified atom stereocenters. The lowest BCUT2D eigenvalue weighted by molar-refractivity contribution is -0.123. The fraction of sp³-hybridized carbons (Fsp3) is 0.300. The van der Waals surface area contributed by atoms with Crippen molar-refractivity contribution < 1.29 is 9.53 Å². The summed E-state index contributed by atoms with van der Waals surface area (Å²) in [6.07, 6.45) is 2.09. The van der Waals surface area contributed by atoms with Gasteiger partial charge < -0.3 is 4.74 Å². The summed E-state index contributed by atoms with van der Waals surface area (Å²) >= 11 is 1.87. The highest BCUT2D eigenvalue weighted by molar-refractivity contribution is 7.99. The predicted molar refractivity (Wildman–Crippen MR) is 95.1 cm³/mol. The van der Waals surface area contributed by atoms with Gasteiger partial charge in [0, 0.05) is 10.6 Å². The van der Waals surface area contributed by atoms with E-state index in [1.165, 1.54) is 30.4 Å². The fourth-order valence-electron chi connectivity index (χ4n) is 2.37. The fourth-order valence-corrected chi connectivity index (χ4v) is 3.46. The Labute approximate surface area is 146 Å². The Balaban J connectivity index is 1.69. The molecule has 0 radical (unpaired) electrons. The van der Waals surface area contributed by atoms with E-state index in [1.54, 1.807) is 24.3 Å². The molecule has 1 atom stereocenters. The molecule has 0 spiro atoms. The summed E-state index contributed by atoms with van der Waals surface area (Å²) in [6, 6.07) is 16.9. The summed E-state index contributed by atoms with van der Waals surface area (Å²) in [5.74, 6) is 2.61. The maximum atomic E-state index is 12.0. The molecule has 1 saturated carbocycles. The third-order valence-corrected chi connectivity index (χ3v) is 5.22. The van der Waals surface area contributed by atoms with Gasteiger partial charge in [0.1, 0.15) is 5.75 Å². The van der Waals surface area contributed by atoms with Gasteiger partial charge in [-0.15, -0.1) is 11.8 Å². The Morgan fingerprint density at radius 3 is 2.42 bits per heavy atom. The summed E-state index contributed by atoms with van der Waals surface area (Å²) < 4.78 is 5.84. The summed E-state index contributed by atoms with van der Waals surface area (Å²) in [5.41, 5.74) is 1.42. The molecular weight excluding hydrogens is 318 g/mol. The van der Waals surface area contributed by atoms with E-state index in [0.717, 1.165) is 11.5 Å². The van der Waals surface area contributed by atoms with Crippen LogP contribution in [0.3, 0.4) is 0 Å². The number of nitrogens with zero attached hydrogens (tertiary/aromatic N) is 1. The van der Waals surface area contributed by atoms with Gasteiger partial charge in [0.15, 0.2) is 11.9 Å². The molecule has 0 saturated heterocycles. The topological polar surface area (TPSA) is 50.1 Å². The highest BCUT2D eigenvalue weighted by Crippen LogP contribution is 2.35. The number of hydrogen-bond donors (Lipinski definition) is 0. The number of thioether (sulfide) groups is 1. The molecule has 0 heterocycles. The van der Waals surface area contributed by atoms with Crippen molar-refractivity contribution in [2.75, 3.05) is 5.75 Å². The molecule has 4 heteroatoms. The second-order valence-electron chi connectivity index (χ2n) is 6.07. The highest BCUT2D eigenvalue weighted by atomic mass is 32.2. The van der Waals surface area contributed by atoms with Crippen LogP contribution in [0.1, 0.15) is 37.0 Å². The molecule has 1 fully saturated rings. The molecule has 1 aliphatic rings. The molecule has 0 amide bonds.